The zero-order valence-corrected chi connectivity index (χ0v) is 24.2. The Hall–Kier alpha value is -4.67. The molecule has 1 unspecified atom stereocenters. The van der Waals surface area contributed by atoms with Gasteiger partial charge in [0.1, 0.15) is 17.9 Å². The van der Waals surface area contributed by atoms with Crippen molar-refractivity contribution in [1.82, 2.24) is 19.2 Å². The molecular formula is C33H34N4O6. The van der Waals surface area contributed by atoms with Gasteiger partial charge in [-0.15, -0.1) is 0 Å². The van der Waals surface area contributed by atoms with Gasteiger partial charge in [-0.25, -0.2) is 4.98 Å². The van der Waals surface area contributed by atoms with Crippen molar-refractivity contribution in [3.05, 3.63) is 101 Å². The molecule has 6 rings (SSSR count). The average Bonchev–Trinajstić information content (AvgIpc) is 3.51. The predicted molar refractivity (Wildman–Crippen MR) is 160 cm³/mol. The molecule has 2 aliphatic rings. The minimum absolute atomic E-state index is 0.0146. The summed E-state index contributed by atoms with van der Waals surface area (Å²) in [4.78, 5) is 35.6. The Bertz CT molecular complexity index is 1680. The topological polar surface area (TPSA) is 106 Å². The number of rotatable bonds is 9. The molecule has 10 nitrogen and oxygen atoms in total. The first kappa shape index (κ1) is 28.4. The number of ketones is 1. The lowest BCUT2D eigenvalue weighted by Gasteiger charge is -2.31. The van der Waals surface area contributed by atoms with Crippen LogP contribution in [-0.4, -0.2) is 82.5 Å². The van der Waals surface area contributed by atoms with Crippen LogP contribution in [0.25, 0.3) is 11.4 Å². The molecule has 10 heteroatoms. The Morgan fingerprint density at radius 2 is 1.77 bits per heavy atom. The number of hydrogen-bond donors (Lipinski definition) is 1. The molecule has 2 aromatic carbocycles. The highest BCUT2D eigenvalue weighted by atomic mass is 16.5. The summed E-state index contributed by atoms with van der Waals surface area (Å²) in [5.41, 5.74) is 3.19. The lowest BCUT2D eigenvalue weighted by atomic mass is 9.96. The van der Waals surface area contributed by atoms with Gasteiger partial charge in [-0.05, 0) is 42.3 Å². The van der Waals surface area contributed by atoms with E-state index in [0.29, 0.717) is 67.0 Å². The van der Waals surface area contributed by atoms with Crippen molar-refractivity contribution >= 4 is 23.1 Å². The molecule has 0 bridgehead atoms. The lowest BCUT2D eigenvalue weighted by Crippen LogP contribution is -2.42. The van der Waals surface area contributed by atoms with E-state index in [9.17, 15) is 14.7 Å². The lowest BCUT2D eigenvalue weighted by molar-refractivity contribution is -0.140. The Balaban J connectivity index is 1.41. The van der Waals surface area contributed by atoms with Crippen LogP contribution in [0.3, 0.4) is 0 Å². The number of nitrogens with zero attached hydrogens (tertiary/aromatic N) is 4. The summed E-state index contributed by atoms with van der Waals surface area (Å²) in [6.07, 6.45) is 1.77. The predicted octanol–water partition coefficient (Wildman–Crippen LogP) is 3.98. The van der Waals surface area contributed by atoms with Crippen LogP contribution in [0.15, 0.2) is 78.5 Å². The zero-order valence-electron chi connectivity index (χ0n) is 24.2. The SMILES string of the molecule is COc1cc(C2C(=C(O)c3c(C)nc4ccccn34)C(=O)C(=O)N2CCN2CCOCC2)ccc1OCc1ccccc1. The van der Waals surface area contributed by atoms with Gasteiger partial charge in [0.25, 0.3) is 11.7 Å². The van der Waals surface area contributed by atoms with Crippen molar-refractivity contribution in [1.29, 1.82) is 0 Å². The normalized spacial score (nSPS) is 18.8. The molecule has 0 radical (unpaired) electrons. The monoisotopic (exact) mass is 582 g/mol. The largest absolute Gasteiger partial charge is 0.505 e. The number of aromatic nitrogens is 2. The fourth-order valence-corrected chi connectivity index (χ4v) is 5.77. The smallest absolute Gasteiger partial charge is 0.295 e. The van der Waals surface area contributed by atoms with Gasteiger partial charge in [0.2, 0.25) is 0 Å². The standard InChI is InChI=1S/C33H34N4O6/c1-22-29(36-13-7-6-10-27(36)34-22)31(38)28-30(37(33(40)32(28)39)15-14-35-16-18-42-19-17-35)24-11-12-25(26(20-24)41-2)43-21-23-8-4-3-5-9-23/h3-13,20,30,38H,14-19,21H2,1-2H3. The number of likely N-dealkylation sites (tertiary alicyclic amines) is 1. The molecule has 0 aliphatic carbocycles. The number of benzene rings is 2. The molecule has 1 N–H and O–H groups in total. The van der Waals surface area contributed by atoms with Gasteiger partial charge in [-0.3, -0.25) is 18.9 Å². The van der Waals surface area contributed by atoms with E-state index in [1.165, 1.54) is 0 Å². The molecule has 43 heavy (non-hydrogen) atoms. The summed E-state index contributed by atoms with van der Waals surface area (Å²) in [6, 6.07) is 19.8. The number of hydrogen-bond acceptors (Lipinski definition) is 8. The number of carbonyl (C=O) groups excluding carboxylic acids is 2. The van der Waals surface area contributed by atoms with Gasteiger partial charge >= 0.3 is 0 Å². The third-order valence-electron chi connectivity index (χ3n) is 7.97. The average molecular weight is 583 g/mol. The van der Waals surface area contributed by atoms with Crippen LogP contribution in [-0.2, 0) is 20.9 Å². The Kier molecular flexibility index (Phi) is 8.13. The highest BCUT2D eigenvalue weighted by molar-refractivity contribution is 6.46. The van der Waals surface area contributed by atoms with Gasteiger partial charge < -0.3 is 24.2 Å². The van der Waals surface area contributed by atoms with Gasteiger partial charge in [0.15, 0.2) is 17.3 Å². The molecule has 2 fully saturated rings. The number of carbonyl (C=O) groups is 2. The molecule has 0 saturated carbocycles. The Morgan fingerprint density at radius 1 is 1.00 bits per heavy atom. The number of aliphatic hydroxyl groups is 1. The Labute approximate surface area is 249 Å². The van der Waals surface area contributed by atoms with E-state index in [4.69, 9.17) is 14.2 Å². The molecule has 1 atom stereocenters. The van der Waals surface area contributed by atoms with Crippen LogP contribution in [0, 0.1) is 6.92 Å². The molecule has 4 heterocycles. The van der Waals surface area contributed by atoms with Gasteiger partial charge in [-0.1, -0.05) is 42.5 Å². The number of Topliss-reactive ketones (excluding diaryl/α,β-unsaturated/α-hetero) is 1. The second kappa shape index (κ2) is 12.3. The minimum atomic E-state index is -0.841. The highest BCUT2D eigenvalue weighted by Crippen LogP contribution is 2.42. The van der Waals surface area contributed by atoms with E-state index >= 15 is 0 Å². The van der Waals surface area contributed by atoms with Crippen LogP contribution >= 0.6 is 0 Å². The maximum Gasteiger partial charge on any atom is 0.295 e. The highest BCUT2D eigenvalue weighted by Gasteiger charge is 2.46. The number of ether oxygens (including phenoxy) is 3. The Morgan fingerprint density at radius 3 is 2.53 bits per heavy atom. The first-order valence-corrected chi connectivity index (χ1v) is 14.3. The molecule has 222 valence electrons. The summed E-state index contributed by atoms with van der Waals surface area (Å²) < 4.78 is 19.0. The number of imidazole rings is 1. The number of amides is 1. The van der Waals surface area contributed by atoms with Crippen LogP contribution < -0.4 is 9.47 Å². The van der Waals surface area contributed by atoms with Crippen molar-refractivity contribution < 1.29 is 28.9 Å². The summed E-state index contributed by atoms with van der Waals surface area (Å²) >= 11 is 0. The van der Waals surface area contributed by atoms with Gasteiger partial charge in [0.05, 0.1) is 37.6 Å². The molecule has 1 amide bonds. The van der Waals surface area contributed by atoms with Gasteiger partial charge in [0, 0.05) is 32.4 Å². The quantitative estimate of drug-likeness (QED) is 0.180. The van der Waals surface area contributed by atoms with Crippen LogP contribution in [0.1, 0.15) is 28.6 Å². The number of morpholine rings is 1. The van der Waals surface area contributed by atoms with E-state index in [-0.39, 0.29) is 11.3 Å². The molecule has 2 saturated heterocycles. The maximum atomic E-state index is 13.7. The van der Waals surface area contributed by atoms with Crippen molar-refractivity contribution in [2.75, 3.05) is 46.5 Å². The van der Waals surface area contributed by atoms with E-state index in [0.717, 1.165) is 18.7 Å². The number of fused-ring (bicyclic) bond motifs is 1. The third-order valence-corrected chi connectivity index (χ3v) is 7.97. The second-order valence-corrected chi connectivity index (χ2v) is 10.6. The fourth-order valence-electron chi connectivity index (χ4n) is 5.77. The van der Waals surface area contributed by atoms with E-state index in [1.807, 2.05) is 54.6 Å². The summed E-state index contributed by atoms with van der Waals surface area (Å²) in [5.74, 6) is -0.680. The van der Waals surface area contributed by atoms with Crippen molar-refractivity contribution in [2.45, 2.75) is 19.6 Å². The van der Waals surface area contributed by atoms with Crippen LogP contribution in [0.2, 0.25) is 0 Å². The first-order chi connectivity index (χ1) is 21.0. The summed E-state index contributed by atoms with van der Waals surface area (Å²) in [6.45, 7) is 5.72. The van der Waals surface area contributed by atoms with Crippen molar-refractivity contribution in [3.63, 3.8) is 0 Å². The van der Waals surface area contributed by atoms with E-state index < -0.39 is 17.7 Å². The van der Waals surface area contributed by atoms with Crippen LogP contribution in [0.5, 0.6) is 11.5 Å². The van der Waals surface area contributed by atoms with E-state index in [1.54, 1.807) is 41.7 Å². The first-order valence-electron chi connectivity index (χ1n) is 14.3. The third kappa shape index (κ3) is 5.59. The van der Waals surface area contributed by atoms with Crippen molar-refractivity contribution in [3.8, 4) is 11.5 Å². The number of aliphatic hydroxyl groups excluding tert-OH is 1. The van der Waals surface area contributed by atoms with Crippen LogP contribution in [0.4, 0.5) is 0 Å². The van der Waals surface area contributed by atoms with E-state index in [2.05, 4.69) is 9.88 Å². The maximum absolute atomic E-state index is 13.7. The molecule has 4 aromatic rings. The molecule has 2 aliphatic heterocycles. The number of pyridine rings is 1. The summed E-state index contributed by atoms with van der Waals surface area (Å²) in [7, 11) is 1.55. The molecule has 2 aromatic heterocycles. The number of aryl methyl sites for hydroxylation is 1. The fraction of sp³-hybridized carbons (Fsp3) is 0.303. The minimum Gasteiger partial charge on any atom is -0.505 e. The molecular weight excluding hydrogens is 548 g/mol. The van der Waals surface area contributed by atoms with Gasteiger partial charge in [-0.2, -0.15) is 0 Å². The molecule has 0 spiro atoms. The zero-order chi connectivity index (χ0) is 29.9. The number of methoxy groups -OCH3 is 1. The summed E-state index contributed by atoms with van der Waals surface area (Å²) in [5, 5.41) is 11.8. The second-order valence-electron chi connectivity index (χ2n) is 10.6. The van der Waals surface area contributed by atoms with Crippen molar-refractivity contribution in [2.24, 2.45) is 0 Å².